The molecule has 22 heavy (non-hydrogen) atoms. The van der Waals surface area contributed by atoms with Crippen molar-refractivity contribution in [3.05, 3.63) is 54.3 Å². The molecule has 0 radical (unpaired) electrons. The number of ether oxygens (including phenoxy) is 1. The molecule has 0 unspecified atom stereocenters. The maximum absolute atomic E-state index is 5.53. The van der Waals surface area contributed by atoms with Crippen LogP contribution in [0.1, 0.15) is 0 Å². The topological polar surface area (TPSA) is 52.3 Å². The van der Waals surface area contributed by atoms with Crippen LogP contribution in [0.2, 0.25) is 0 Å². The van der Waals surface area contributed by atoms with Gasteiger partial charge in [-0.2, -0.15) is 5.10 Å². The number of methoxy groups -OCH3 is 1. The van der Waals surface area contributed by atoms with Crippen LogP contribution in [0.25, 0.3) is 27.5 Å². The van der Waals surface area contributed by atoms with Crippen LogP contribution < -0.4 is 4.74 Å². The van der Waals surface area contributed by atoms with Crippen LogP contribution in [0, 0.1) is 0 Å². The number of pyridine rings is 1. The number of rotatable bonds is 3. The van der Waals surface area contributed by atoms with E-state index in [0.29, 0.717) is 0 Å². The molecule has 0 aliphatic carbocycles. The molecule has 4 aromatic rings. The van der Waals surface area contributed by atoms with Gasteiger partial charge in [0.2, 0.25) is 4.96 Å². The van der Waals surface area contributed by atoms with Crippen LogP contribution in [0.5, 0.6) is 5.75 Å². The predicted octanol–water partition coefficient (Wildman–Crippen LogP) is 3.53. The highest BCUT2D eigenvalue weighted by molar-refractivity contribution is 7.14. The van der Waals surface area contributed by atoms with Crippen molar-refractivity contribution in [1.82, 2.24) is 19.6 Å². The Morgan fingerprint density at radius 3 is 2.86 bits per heavy atom. The van der Waals surface area contributed by atoms with Crippen molar-refractivity contribution in [2.75, 3.05) is 7.11 Å². The quantitative estimate of drug-likeness (QED) is 0.581. The smallest absolute Gasteiger partial charge is 0.212 e. The van der Waals surface area contributed by atoms with Crippen LogP contribution in [0.3, 0.4) is 0 Å². The summed E-state index contributed by atoms with van der Waals surface area (Å²) in [6, 6.07) is 11.8. The van der Waals surface area contributed by atoms with Crippen molar-refractivity contribution in [1.29, 1.82) is 0 Å². The Hall–Kier alpha value is -2.73. The van der Waals surface area contributed by atoms with Crippen molar-refractivity contribution in [3.8, 4) is 28.3 Å². The Balaban J connectivity index is 1.81. The van der Waals surface area contributed by atoms with Crippen molar-refractivity contribution in [2.45, 2.75) is 0 Å². The molecule has 0 N–H and O–H groups in total. The third kappa shape index (κ3) is 2.14. The zero-order valence-electron chi connectivity index (χ0n) is 11.8. The third-order valence-corrected chi connectivity index (χ3v) is 4.11. The highest BCUT2D eigenvalue weighted by Crippen LogP contribution is 2.33. The fourth-order valence-electron chi connectivity index (χ4n) is 2.36. The first-order valence-electron chi connectivity index (χ1n) is 6.74. The van der Waals surface area contributed by atoms with Crippen LogP contribution in [0.15, 0.2) is 54.3 Å². The van der Waals surface area contributed by atoms with Gasteiger partial charge >= 0.3 is 0 Å². The molecule has 0 aliphatic rings. The van der Waals surface area contributed by atoms with E-state index in [0.717, 1.165) is 33.2 Å². The second-order valence-corrected chi connectivity index (χ2v) is 5.53. The SMILES string of the molecule is COc1cc(-c2cn3ncsc3n2)ccc1-c1ccccn1. The zero-order valence-corrected chi connectivity index (χ0v) is 12.6. The average molecular weight is 308 g/mol. The summed E-state index contributed by atoms with van der Waals surface area (Å²) in [4.78, 5) is 9.82. The van der Waals surface area contributed by atoms with E-state index in [2.05, 4.69) is 15.1 Å². The summed E-state index contributed by atoms with van der Waals surface area (Å²) in [6.45, 7) is 0. The number of hydrogen-bond acceptors (Lipinski definition) is 5. The molecule has 0 aliphatic heterocycles. The first-order chi connectivity index (χ1) is 10.8. The van der Waals surface area contributed by atoms with E-state index in [4.69, 9.17) is 4.74 Å². The number of fused-ring (bicyclic) bond motifs is 1. The van der Waals surface area contributed by atoms with Gasteiger partial charge in [0, 0.05) is 17.3 Å². The van der Waals surface area contributed by atoms with Crippen molar-refractivity contribution >= 4 is 16.3 Å². The summed E-state index contributed by atoms with van der Waals surface area (Å²) in [5.74, 6) is 0.778. The Morgan fingerprint density at radius 2 is 2.09 bits per heavy atom. The Labute approximate surface area is 130 Å². The molecule has 0 fully saturated rings. The molecule has 108 valence electrons. The lowest BCUT2D eigenvalue weighted by Gasteiger charge is -2.09. The highest BCUT2D eigenvalue weighted by atomic mass is 32.1. The molecule has 0 saturated heterocycles. The molecule has 0 spiro atoms. The Kier molecular flexibility index (Phi) is 3.08. The molecule has 6 heteroatoms. The van der Waals surface area contributed by atoms with E-state index in [9.17, 15) is 0 Å². The van der Waals surface area contributed by atoms with Gasteiger partial charge in [0.15, 0.2) is 0 Å². The lowest BCUT2D eigenvalue weighted by molar-refractivity contribution is 0.416. The van der Waals surface area contributed by atoms with E-state index < -0.39 is 0 Å². The lowest BCUT2D eigenvalue weighted by Crippen LogP contribution is -1.91. The minimum atomic E-state index is 0.778. The van der Waals surface area contributed by atoms with Crippen LogP contribution in [-0.4, -0.2) is 26.7 Å². The molecular weight excluding hydrogens is 296 g/mol. The number of nitrogens with zero attached hydrogens (tertiary/aromatic N) is 4. The fourth-order valence-corrected chi connectivity index (χ4v) is 2.96. The standard InChI is InChI=1S/C16H12N4OS/c1-21-15-8-11(14-9-20-16(19-14)22-10-18-20)5-6-12(15)13-4-2-3-7-17-13/h2-10H,1H3. The van der Waals surface area contributed by atoms with Crippen molar-refractivity contribution in [2.24, 2.45) is 0 Å². The van der Waals surface area contributed by atoms with E-state index in [1.54, 1.807) is 23.3 Å². The zero-order chi connectivity index (χ0) is 14.9. The van der Waals surface area contributed by atoms with Gasteiger partial charge in [-0.05, 0) is 24.3 Å². The Bertz CT molecular complexity index is 901. The van der Waals surface area contributed by atoms with E-state index in [1.807, 2.05) is 42.6 Å². The third-order valence-electron chi connectivity index (χ3n) is 3.42. The van der Waals surface area contributed by atoms with E-state index in [-0.39, 0.29) is 0 Å². The van der Waals surface area contributed by atoms with E-state index in [1.165, 1.54) is 11.3 Å². The average Bonchev–Trinajstić information content (AvgIpc) is 3.17. The first-order valence-corrected chi connectivity index (χ1v) is 7.62. The maximum atomic E-state index is 5.53. The van der Waals surface area contributed by atoms with Gasteiger partial charge in [0.1, 0.15) is 11.3 Å². The largest absolute Gasteiger partial charge is 0.496 e. The molecule has 0 saturated carbocycles. The van der Waals surface area contributed by atoms with Gasteiger partial charge in [-0.3, -0.25) is 4.98 Å². The van der Waals surface area contributed by atoms with Crippen molar-refractivity contribution < 1.29 is 4.74 Å². The molecule has 0 bridgehead atoms. The minimum Gasteiger partial charge on any atom is -0.496 e. The minimum absolute atomic E-state index is 0.778. The van der Waals surface area contributed by atoms with Gasteiger partial charge in [0.05, 0.1) is 24.7 Å². The summed E-state index contributed by atoms with van der Waals surface area (Å²) in [6.07, 6.45) is 3.69. The van der Waals surface area contributed by atoms with Gasteiger partial charge in [-0.25, -0.2) is 9.50 Å². The van der Waals surface area contributed by atoms with Gasteiger partial charge in [0.25, 0.3) is 0 Å². The molecule has 3 heterocycles. The van der Waals surface area contributed by atoms with Crippen molar-refractivity contribution in [3.63, 3.8) is 0 Å². The molecule has 0 amide bonds. The molecule has 3 aromatic heterocycles. The van der Waals surface area contributed by atoms with E-state index >= 15 is 0 Å². The van der Waals surface area contributed by atoms with Gasteiger partial charge in [-0.1, -0.05) is 23.5 Å². The first kappa shape index (κ1) is 13.0. The van der Waals surface area contributed by atoms with Crippen LogP contribution >= 0.6 is 11.3 Å². The van der Waals surface area contributed by atoms with Crippen LogP contribution in [-0.2, 0) is 0 Å². The maximum Gasteiger partial charge on any atom is 0.212 e. The molecular formula is C16H12N4OS. The molecule has 0 atom stereocenters. The van der Waals surface area contributed by atoms with Crippen LogP contribution in [0.4, 0.5) is 0 Å². The summed E-state index contributed by atoms with van der Waals surface area (Å²) < 4.78 is 7.31. The summed E-state index contributed by atoms with van der Waals surface area (Å²) in [7, 11) is 1.67. The molecule has 4 rings (SSSR count). The number of benzene rings is 1. The number of hydrogen-bond donors (Lipinski definition) is 0. The second-order valence-electron chi connectivity index (χ2n) is 4.72. The molecule has 5 nitrogen and oxygen atoms in total. The lowest BCUT2D eigenvalue weighted by atomic mass is 10.1. The predicted molar refractivity (Wildman–Crippen MR) is 86.1 cm³/mol. The monoisotopic (exact) mass is 308 g/mol. The van der Waals surface area contributed by atoms with Gasteiger partial charge in [-0.15, -0.1) is 0 Å². The highest BCUT2D eigenvalue weighted by Gasteiger charge is 2.11. The summed E-state index contributed by atoms with van der Waals surface area (Å²) in [5, 5.41) is 4.20. The normalized spacial score (nSPS) is 11.0. The Morgan fingerprint density at radius 1 is 1.14 bits per heavy atom. The fraction of sp³-hybridized carbons (Fsp3) is 0.0625. The molecule has 1 aromatic carbocycles. The number of aromatic nitrogens is 4. The number of imidazole rings is 1. The summed E-state index contributed by atoms with van der Waals surface area (Å²) >= 11 is 1.51. The summed E-state index contributed by atoms with van der Waals surface area (Å²) in [5.41, 5.74) is 5.50. The van der Waals surface area contributed by atoms with Gasteiger partial charge < -0.3 is 4.74 Å². The second kappa shape index (κ2) is 5.23.